The number of piperazine rings is 1. The van der Waals surface area contributed by atoms with Gasteiger partial charge in [0.2, 0.25) is 11.8 Å². The SMILES string of the molecule is CCCC1(C)SCC2C(=O)N(Cc3ccc(C(=O)O)cc3)CC(=O)N21. The summed E-state index contributed by atoms with van der Waals surface area (Å²) in [6, 6.07) is 6.03. The normalized spacial score (nSPS) is 26.1. The number of thioether (sulfide) groups is 1. The number of carbonyl (C=O) groups is 3. The highest BCUT2D eigenvalue weighted by molar-refractivity contribution is 8.00. The van der Waals surface area contributed by atoms with Crippen LogP contribution in [0.2, 0.25) is 0 Å². The van der Waals surface area contributed by atoms with Crippen LogP contribution < -0.4 is 0 Å². The van der Waals surface area contributed by atoms with E-state index in [2.05, 4.69) is 6.92 Å². The molecular weight excluding hydrogens is 340 g/mol. The molecule has 0 radical (unpaired) electrons. The number of nitrogens with zero attached hydrogens (tertiary/aromatic N) is 2. The van der Waals surface area contributed by atoms with Gasteiger partial charge in [0.15, 0.2) is 0 Å². The van der Waals surface area contributed by atoms with E-state index < -0.39 is 5.97 Å². The predicted octanol–water partition coefficient (Wildman–Crippen LogP) is 2.19. The summed E-state index contributed by atoms with van der Waals surface area (Å²) in [7, 11) is 0. The van der Waals surface area contributed by atoms with Crippen LogP contribution in [0.15, 0.2) is 24.3 Å². The number of benzene rings is 1. The summed E-state index contributed by atoms with van der Waals surface area (Å²) in [4.78, 5) is 39.5. The standard InChI is InChI=1S/C18H22N2O4S/c1-3-8-18(2)20-14(11-25-18)16(22)19(10-15(20)21)9-12-4-6-13(7-5-12)17(23)24/h4-7,14H,3,8-11H2,1-2H3,(H,23,24). The van der Waals surface area contributed by atoms with Crippen molar-refractivity contribution in [2.75, 3.05) is 12.3 Å². The van der Waals surface area contributed by atoms with E-state index in [9.17, 15) is 14.4 Å². The van der Waals surface area contributed by atoms with E-state index in [-0.39, 0.29) is 34.8 Å². The third-order valence-electron chi connectivity index (χ3n) is 4.85. The number of hydrogen-bond donors (Lipinski definition) is 1. The minimum absolute atomic E-state index is 0.00675. The van der Waals surface area contributed by atoms with Crippen LogP contribution in [-0.4, -0.2) is 55.9 Å². The molecule has 2 atom stereocenters. The van der Waals surface area contributed by atoms with Gasteiger partial charge in [0, 0.05) is 12.3 Å². The molecule has 134 valence electrons. The first-order valence-corrected chi connectivity index (χ1v) is 9.41. The number of carboxylic acid groups (broad SMARTS) is 1. The molecule has 6 nitrogen and oxygen atoms in total. The van der Waals surface area contributed by atoms with Gasteiger partial charge in [-0.3, -0.25) is 9.59 Å². The minimum Gasteiger partial charge on any atom is -0.478 e. The third-order valence-corrected chi connectivity index (χ3v) is 6.36. The first kappa shape index (κ1) is 17.8. The Bertz CT molecular complexity index is 706. The molecule has 2 heterocycles. The molecule has 1 aromatic rings. The minimum atomic E-state index is -0.982. The van der Waals surface area contributed by atoms with Crippen LogP contribution in [0, 0.1) is 0 Å². The van der Waals surface area contributed by atoms with Gasteiger partial charge in [-0.15, -0.1) is 11.8 Å². The highest BCUT2D eigenvalue weighted by Gasteiger charge is 2.52. The molecule has 2 amide bonds. The molecule has 0 aromatic heterocycles. The van der Waals surface area contributed by atoms with E-state index in [0.717, 1.165) is 18.4 Å². The van der Waals surface area contributed by atoms with Crippen LogP contribution in [-0.2, 0) is 16.1 Å². The summed E-state index contributed by atoms with van der Waals surface area (Å²) in [5.41, 5.74) is 1.03. The Hall–Kier alpha value is -2.02. The zero-order valence-electron chi connectivity index (χ0n) is 14.4. The van der Waals surface area contributed by atoms with Gasteiger partial charge in [-0.05, 0) is 31.0 Å². The molecule has 0 saturated carbocycles. The van der Waals surface area contributed by atoms with Gasteiger partial charge in [-0.2, -0.15) is 0 Å². The van der Waals surface area contributed by atoms with Gasteiger partial charge < -0.3 is 14.9 Å². The van der Waals surface area contributed by atoms with Gasteiger partial charge in [0.25, 0.3) is 0 Å². The lowest BCUT2D eigenvalue weighted by molar-refractivity contribution is -0.157. The number of carboxylic acids is 1. The monoisotopic (exact) mass is 362 g/mol. The van der Waals surface area contributed by atoms with Gasteiger partial charge in [0.1, 0.15) is 12.6 Å². The van der Waals surface area contributed by atoms with Crippen LogP contribution in [0.25, 0.3) is 0 Å². The Morgan fingerprint density at radius 1 is 1.32 bits per heavy atom. The van der Waals surface area contributed by atoms with Crippen molar-refractivity contribution >= 4 is 29.5 Å². The van der Waals surface area contributed by atoms with E-state index in [4.69, 9.17) is 5.11 Å². The Morgan fingerprint density at radius 2 is 2.00 bits per heavy atom. The fourth-order valence-electron chi connectivity index (χ4n) is 3.64. The van der Waals surface area contributed by atoms with Gasteiger partial charge >= 0.3 is 5.97 Å². The van der Waals surface area contributed by atoms with Crippen LogP contribution >= 0.6 is 11.8 Å². The molecule has 2 saturated heterocycles. The van der Waals surface area contributed by atoms with Gasteiger partial charge in [-0.1, -0.05) is 25.5 Å². The van der Waals surface area contributed by atoms with Crippen molar-refractivity contribution in [2.24, 2.45) is 0 Å². The highest BCUT2D eigenvalue weighted by atomic mass is 32.2. The van der Waals surface area contributed by atoms with Gasteiger partial charge in [-0.25, -0.2) is 4.79 Å². The number of amides is 2. The Morgan fingerprint density at radius 3 is 2.60 bits per heavy atom. The van der Waals surface area contributed by atoms with E-state index in [1.54, 1.807) is 33.7 Å². The van der Waals surface area contributed by atoms with E-state index in [1.165, 1.54) is 12.1 Å². The van der Waals surface area contributed by atoms with Crippen molar-refractivity contribution in [3.63, 3.8) is 0 Å². The quantitative estimate of drug-likeness (QED) is 0.869. The van der Waals surface area contributed by atoms with Crippen LogP contribution in [0.5, 0.6) is 0 Å². The molecule has 0 bridgehead atoms. The predicted molar refractivity (Wildman–Crippen MR) is 95.2 cm³/mol. The molecule has 2 aliphatic heterocycles. The van der Waals surface area contributed by atoms with E-state index >= 15 is 0 Å². The average Bonchev–Trinajstić information content (AvgIpc) is 2.91. The van der Waals surface area contributed by atoms with Crippen LogP contribution in [0.1, 0.15) is 42.6 Å². The smallest absolute Gasteiger partial charge is 0.335 e. The van der Waals surface area contributed by atoms with Crippen molar-refractivity contribution in [1.29, 1.82) is 0 Å². The van der Waals surface area contributed by atoms with Crippen LogP contribution in [0.4, 0.5) is 0 Å². The van der Waals surface area contributed by atoms with Gasteiger partial charge in [0.05, 0.1) is 10.4 Å². The van der Waals surface area contributed by atoms with Crippen molar-refractivity contribution in [3.05, 3.63) is 35.4 Å². The lowest BCUT2D eigenvalue weighted by atomic mass is 10.0. The summed E-state index contributed by atoms with van der Waals surface area (Å²) in [6.07, 6.45) is 1.84. The highest BCUT2D eigenvalue weighted by Crippen LogP contribution is 2.44. The Kier molecular flexibility index (Phi) is 4.77. The molecule has 2 unspecified atom stereocenters. The second kappa shape index (κ2) is 6.71. The number of hydrogen-bond acceptors (Lipinski definition) is 4. The van der Waals surface area contributed by atoms with Crippen molar-refractivity contribution in [2.45, 2.75) is 44.1 Å². The molecule has 2 fully saturated rings. The van der Waals surface area contributed by atoms with E-state index in [1.807, 2.05) is 6.92 Å². The topological polar surface area (TPSA) is 77.9 Å². The largest absolute Gasteiger partial charge is 0.478 e. The molecule has 7 heteroatoms. The summed E-state index contributed by atoms with van der Waals surface area (Å²) >= 11 is 1.69. The van der Waals surface area contributed by atoms with Crippen molar-refractivity contribution in [3.8, 4) is 0 Å². The zero-order chi connectivity index (χ0) is 18.2. The number of rotatable bonds is 5. The zero-order valence-corrected chi connectivity index (χ0v) is 15.2. The third kappa shape index (κ3) is 3.25. The average molecular weight is 362 g/mol. The number of fused-ring (bicyclic) bond motifs is 1. The molecule has 0 aliphatic carbocycles. The molecule has 2 aliphatic rings. The summed E-state index contributed by atoms with van der Waals surface area (Å²) in [5, 5.41) is 8.95. The molecule has 25 heavy (non-hydrogen) atoms. The van der Waals surface area contributed by atoms with E-state index in [0.29, 0.717) is 12.3 Å². The van der Waals surface area contributed by atoms with Crippen molar-refractivity contribution in [1.82, 2.24) is 9.80 Å². The molecule has 0 spiro atoms. The summed E-state index contributed by atoms with van der Waals surface area (Å²) in [6.45, 7) is 4.54. The van der Waals surface area contributed by atoms with Crippen LogP contribution in [0.3, 0.4) is 0 Å². The fraction of sp³-hybridized carbons (Fsp3) is 0.500. The second-order valence-corrected chi connectivity index (χ2v) is 8.21. The summed E-state index contributed by atoms with van der Waals surface area (Å²) < 4.78 is 0. The molecule has 3 rings (SSSR count). The molecule has 1 N–H and O–H groups in total. The maximum Gasteiger partial charge on any atom is 0.335 e. The Balaban J connectivity index is 1.75. The molecular formula is C18H22N2O4S. The number of aromatic carboxylic acids is 1. The lowest BCUT2D eigenvalue weighted by Crippen LogP contribution is -2.62. The number of carbonyl (C=O) groups excluding carboxylic acids is 2. The first-order chi connectivity index (χ1) is 11.9. The first-order valence-electron chi connectivity index (χ1n) is 8.43. The summed E-state index contributed by atoms with van der Waals surface area (Å²) in [5.74, 6) is -0.373. The Labute approximate surface area is 151 Å². The maximum atomic E-state index is 12.8. The lowest BCUT2D eigenvalue weighted by Gasteiger charge is -2.43. The maximum absolute atomic E-state index is 12.8. The fourth-order valence-corrected chi connectivity index (χ4v) is 5.17. The second-order valence-electron chi connectivity index (χ2n) is 6.71. The molecule has 1 aromatic carbocycles. The van der Waals surface area contributed by atoms with Crippen molar-refractivity contribution < 1.29 is 19.5 Å².